The number of fused-ring (bicyclic) bond motifs is 1. The van der Waals surface area contributed by atoms with Gasteiger partial charge in [0.05, 0.1) is 6.54 Å². The van der Waals surface area contributed by atoms with E-state index < -0.39 is 35.2 Å². The molecule has 0 aromatic carbocycles. The van der Waals surface area contributed by atoms with Crippen LogP contribution in [0.2, 0.25) is 4.34 Å². The van der Waals surface area contributed by atoms with Crippen molar-refractivity contribution in [2.24, 2.45) is 21.6 Å². The number of thiazole rings is 1. The Balaban J connectivity index is 1.50. The van der Waals surface area contributed by atoms with Gasteiger partial charge in [-0.1, -0.05) is 34.7 Å². The Morgan fingerprint density at radius 1 is 1.36 bits per heavy atom. The van der Waals surface area contributed by atoms with Crippen LogP contribution >= 0.6 is 58.2 Å². The fourth-order valence-corrected chi connectivity index (χ4v) is 8.13. The number of nitrogens with zero attached hydrogens (tertiary/aromatic N) is 5. The summed E-state index contributed by atoms with van der Waals surface area (Å²) in [6.45, 7) is 0.393. The number of nitroso groups, excluding NO2 is 1. The fraction of sp³-hybridized carbons (Fsp3) is 0.300. The lowest BCUT2D eigenvalue weighted by Crippen LogP contribution is -2.70. The Kier molecular flexibility index (Phi) is 9.21. The van der Waals surface area contributed by atoms with Gasteiger partial charge in [-0.05, 0) is 11.2 Å². The van der Waals surface area contributed by atoms with Crippen molar-refractivity contribution in [3.8, 4) is 0 Å². The van der Waals surface area contributed by atoms with Gasteiger partial charge in [-0.2, -0.15) is 0 Å². The molecule has 2 aliphatic heterocycles. The first-order valence-corrected chi connectivity index (χ1v) is 14.9. The van der Waals surface area contributed by atoms with Gasteiger partial charge in [0.2, 0.25) is 6.04 Å². The first-order chi connectivity index (χ1) is 18.6. The summed E-state index contributed by atoms with van der Waals surface area (Å²) in [5.74, 6) is -1.99. The van der Waals surface area contributed by atoms with Crippen LogP contribution in [0.1, 0.15) is 11.7 Å². The highest BCUT2D eigenvalue weighted by Crippen LogP contribution is 2.46. The number of carbonyl (C=O) groups is 3. The third-order valence-electron chi connectivity index (χ3n) is 5.30. The molecule has 4 rings (SSSR count). The fourth-order valence-electron chi connectivity index (χ4n) is 3.64. The highest BCUT2D eigenvalue weighted by molar-refractivity contribution is 8.07. The number of halogens is 1. The summed E-state index contributed by atoms with van der Waals surface area (Å²) < 4.78 is 0.0310. The van der Waals surface area contributed by atoms with Crippen LogP contribution in [0.25, 0.3) is 0 Å². The Morgan fingerprint density at radius 2 is 2.13 bits per heavy atom. The molecule has 206 valence electrons. The Hall–Kier alpha value is -3.06. The monoisotopic (exact) mass is 629 g/mol. The molecule has 39 heavy (non-hydrogen) atoms. The van der Waals surface area contributed by atoms with Gasteiger partial charge < -0.3 is 27.6 Å². The molecule has 0 spiro atoms. The third-order valence-corrected chi connectivity index (χ3v) is 10.2. The van der Waals surface area contributed by atoms with Crippen LogP contribution in [0, 0.1) is 4.91 Å². The van der Waals surface area contributed by atoms with E-state index in [4.69, 9.17) is 28.8 Å². The van der Waals surface area contributed by atoms with Gasteiger partial charge in [-0.25, -0.2) is 9.78 Å². The maximum Gasteiger partial charge on any atom is 0.353 e. The molecule has 3 atom stereocenters. The molecule has 8 N–H and O–H groups in total. The van der Waals surface area contributed by atoms with Crippen molar-refractivity contribution in [3.05, 3.63) is 44.0 Å². The lowest BCUT2D eigenvalue weighted by molar-refractivity contribution is -0.150. The molecule has 1 unspecified atom stereocenters. The summed E-state index contributed by atoms with van der Waals surface area (Å²) in [6, 6.07) is -0.928. The number of aromatic nitrogens is 2. The number of aliphatic imine (C=N–C) groups is 1. The van der Waals surface area contributed by atoms with Crippen LogP contribution in [0.5, 0.6) is 0 Å². The van der Waals surface area contributed by atoms with Crippen molar-refractivity contribution in [2.45, 2.75) is 27.2 Å². The molecule has 0 saturated carbocycles. The number of thioether (sulfide) groups is 3. The number of carboxylic acid groups (broad SMARTS) is 1. The Morgan fingerprint density at radius 3 is 2.77 bits per heavy atom. The summed E-state index contributed by atoms with van der Waals surface area (Å²) in [7, 11) is 0. The number of nitrogens with one attached hydrogen (secondary N) is 1. The van der Waals surface area contributed by atoms with E-state index in [0.29, 0.717) is 17.2 Å². The van der Waals surface area contributed by atoms with Crippen LogP contribution in [0.4, 0.5) is 5.13 Å². The van der Waals surface area contributed by atoms with Crippen LogP contribution in [-0.4, -0.2) is 73.2 Å². The standard InChI is InChI=1S/C20H20ClN9O5S4/c21-14-10(28-20(24)39-14)11(29-35)15(31)27-12-16(32)30-13(18(33)34)9(6-37-17(12)30)38-7-1-2-25-5-8(7)36-4-3-26-19(22)23/h1-2,5,11-12,17H,3-4,6H2,(H2,24,28)(H,27,31)(H,33,34)(H4,22,23,26)/t11?,12-,17+/m1/s1. The topological polar surface area (TPSA) is 232 Å². The van der Waals surface area contributed by atoms with Gasteiger partial charge in [0.1, 0.15) is 27.1 Å². The number of rotatable bonds is 11. The van der Waals surface area contributed by atoms with E-state index in [9.17, 15) is 24.4 Å². The predicted octanol–water partition coefficient (Wildman–Crippen LogP) is 1.44. The van der Waals surface area contributed by atoms with Crippen molar-refractivity contribution in [2.75, 3.05) is 23.8 Å². The lowest BCUT2D eigenvalue weighted by atomic mass is 10.0. The zero-order valence-electron chi connectivity index (χ0n) is 19.6. The molecule has 1 fully saturated rings. The van der Waals surface area contributed by atoms with Crippen molar-refractivity contribution < 1.29 is 19.5 Å². The number of aliphatic carboxylic acids is 1. The second-order valence-corrected chi connectivity index (χ2v) is 12.8. The largest absolute Gasteiger partial charge is 0.477 e. The van der Waals surface area contributed by atoms with E-state index in [0.717, 1.165) is 26.0 Å². The Bertz CT molecular complexity index is 1380. The average Bonchev–Trinajstić information content (AvgIpc) is 3.23. The van der Waals surface area contributed by atoms with Gasteiger partial charge in [0.25, 0.3) is 11.8 Å². The van der Waals surface area contributed by atoms with E-state index >= 15 is 0 Å². The van der Waals surface area contributed by atoms with Crippen molar-refractivity contribution in [1.29, 1.82) is 0 Å². The van der Waals surface area contributed by atoms with Crippen LogP contribution in [0.3, 0.4) is 0 Å². The van der Waals surface area contributed by atoms with Gasteiger partial charge in [-0.3, -0.25) is 24.5 Å². The molecule has 2 aromatic heterocycles. The number of pyridine rings is 1. The van der Waals surface area contributed by atoms with E-state index in [1.54, 1.807) is 18.5 Å². The first-order valence-electron chi connectivity index (χ1n) is 10.9. The van der Waals surface area contributed by atoms with Crippen molar-refractivity contribution >= 4 is 87.1 Å². The number of carboxylic acids is 1. The maximum absolute atomic E-state index is 13.0. The molecular formula is C20H20ClN9O5S4. The lowest BCUT2D eigenvalue weighted by Gasteiger charge is -2.49. The molecular weight excluding hydrogens is 610 g/mol. The molecule has 2 aliphatic rings. The molecule has 14 nitrogen and oxygen atoms in total. The van der Waals surface area contributed by atoms with Gasteiger partial charge in [0.15, 0.2) is 11.1 Å². The quantitative estimate of drug-likeness (QED) is 0.0592. The first kappa shape index (κ1) is 28.9. The normalized spacial score (nSPS) is 19.1. The molecule has 2 aromatic rings. The van der Waals surface area contributed by atoms with E-state index in [1.165, 1.54) is 35.3 Å². The number of guanidine groups is 1. The van der Waals surface area contributed by atoms with E-state index in [1.807, 2.05) is 0 Å². The summed E-state index contributed by atoms with van der Waals surface area (Å²) in [5, 5.41) is 14.6. The molecule has 2 amide bonds. The zero-order chi connectivity index (χ0) is 28.3. The van der Waals surface area contributed by atoms with Crippen LogP contribution < -0.4 is 22.5 Å². The molecule has 4 heterocycles. The van der Waals surface area contributed by atoms with E-state index in [2.05, 4.69) is 25.5 Å². The Labute approximate surface area is 242 Å². The summed E-state index contributed by atoms with van der Waals surface area (Å²) in [5.41, 5.74) is 16.0. The molecule has 0 aliphatic carbocycles. The summed E-state index contributed by atoms with van der Waals surface area (Å²) in [4.78, 5) is 64.6. The average molecular weight is 630 g/mol. The predicted molar refractivity (Wildman–Crippen MR) is 151 cm³/mol. The summed E-state index contributed by atoms with van der Waals surface area (Å²) >= 11 is 10.8. The molecule has 0 bridgehead atoms. The number of nitrogen functional groups attached to an aromatic ring is 1. The smallest absolute Gasteiger partial charge is 0.353 e. The number of hydrogen-bond acceptors (Lipinski definition) is 13. The van der Waals surface area contributed by atoms with Gasteiger partial charge >= 0.3 is 5.97 Å². The van der Waals surface area contributed by atoms with Crippen LogP contribution in [-0.2, 0) is 14.4 Å². The molecule has 1 saturated heterocycles. The van der Waals surface area contributed by atoms with Gasteiger partial charge in [-0.15, -0.1) is 28.4 Å². The number of β-lactam (4-membered cyclic amide) rings is 1. The third kappa shape index (κ3) is 6.24. The number of hydrogen-bond donors (Lipinski definition) is 5. The zero-order valence-corrected chi connectivity index (χ0v) is 23.7. The SMILES string of the molecule is NC(N)=NCCSc1cnccc1SC1=C(C(=O)O)N2C(=O)[C@@H](NC(=O)C(N=O)c3nc(N)sc3Cl)[C@@H]2SC1. The summed E-state index contributed by atoms with van der Waals surface area (Å²) in [6.07, 6.45) is 3.24. The minimum absolute atomic E-state index is 0.00953. The number of nitrogens with two attached hydrogens (primary N) is 3. The number of anilines is 1. The highest BCUT2D eigenvalue weighted by Gasteiger charge is 2.55. The van der Waals surface area contributed by atoms with Crippen molar-refractivity contribution in [1.82, 2.24) is 20.2 Å². The minimum atomic E-state index is -1.61. The number of carbonyl (C=O) groups excluding carboxylic acids is 2. The van der Waals surface area contributed by atoms with Crippen molar-refractivity contribution in [3.63, 3.8) is 0 Å². The van der Waals surface area contributed by atoms with E-state index in [-0.39, 0.29) is 32.6 Å². The molecule has 0 radical (unpaired) electrons. The number of amides is 2. The van der Waals surface area contributed by atoms with Crippen LogP contribution in [0.15, 0.2) is 49.0 Å². The maximum atomic E-state index is 13.0. The molecule has 19 heteroatoms. The highest BCUT2D eigenvalue weighted by atomic mass is 35.5. The van der Waals surface area contributed by atoms with Gasteiger partial charge in [0, 0.05) is 38.6 Å². The second kappa shape index (κ2) is 12.4. The minimum Gasteiger partial charge on any atom is -0.477 e. The second-order valence-electron chi connectivity index (χ2n) is 7.77.